The zero-order valence-electron chi connectivity index (χ0n) is 15.7. The summed E-state index contributed by atoms with van der Waals surface area (Å²) in [5, 5.41) is 3.36. The molecular formula is C21H18Cl2N2O3S. The van der Waals surface area contributed by atoms with Crippen LogP contribution in [0, 0.1) is 6.92 Å². The maximum atomic E-state index is 13.0. The molecule has 3 rings (SSSR count). The van der Waals surface area contributed by atoms with Gasteiger partial charge in [0.15, 0.2) is 0 Å². The molecule has 0 aliphatic rings. The highest BCUT2D eigenvalue weighted by molar-refractivity contribution is 7.92. The number of hydrogen-bond acceptors (Lipinski definition) is 3. The molecule has 1 amide bonds. The van der Waals surface area contributed by atoms with Gasteiger partial charge in [-0.3, -0.25) is 9.10 Å². The van der Waals surface area contributed by atoms with E-state index in [2.05, 4.69) is 5.32 Å². The molecule has 0 aliphatic carbocycles. The fourth-order valence-corrected chi connectivity index (χ4v) is 4.23. The normalized spacial score (nSPS) is 11.2. The van der Waals surface area contributed by atoms with E-state index in [9.17, 15) is 13.2 Å². The van der Waals surface area contributed by atoms with Crippen LogP contribution >= 0.6 is 23.2 Å². The molecule has 0 bridgehead atoms. The third kappa shape index (κ3) is 4.72. The second kappa shape index (κ2) is 8.45. The van der Waals surface area contributed by atoms with Gasteiger partial charge in [-0.05, 0) is 61.0 Å². The number of anilines is 2. The van der Waals surface area contributed by atoms with Crippen LogP contribution in [0.2, 0.25) is 10.0 Å². The van der Waals surface area contributed by atoms with E-state index in [1.54, 1.807) is 36.4 Å². The van der Waals surface area contributed by atoms with Crippen LogP contribution < -0.4 is 9.62 Å². The van der Waals surface area contributed by atoms with Crippen molar-refractivity contribution in [3.8, 4) is 0 Å². The number of carbonyl (C=O) groups is 1. The van der Waals surface area contributed by atoms with Crippen LogP contribution in [0.5, 0.6) is 0 Å². The summed E-state index contributed by atoms with van der Waals surface area (Å²) < 4.78 is 27.2. The predicted molar refractivity (Wildman–Crippen MR) is 118 cm³/mol. The molecule has 5 nitrogen and oxygen atoms in total. The Kier molecular flexibility index (Phi) is 6.17. The summed E-state index contributed by atoms with van der Waals surface area (Å²) in [6.07, 6.45) is 0. The van der Waals surface area contributed by atoms with E-state index in [0.29, 0.717) is 21.4 Å². The van der Waals surface area contributed by atoms with Gasteiger partial charge >= 0.3 is 0 Å². The highest BCUT2D eigenvalue weighted by Crippen LogP contribution is 2.26. The van der Waals surface area contributed by atoms with Crippen molar-refractivity contribution in [2.45, 2.75) is 11.8 Å². The Bertz CT molecular complexity index is 1180. The SMILES string of the molecule is Cc1cccc(N(C)S(=O)(=O)c2cccc(C(=O)Nc3ccc(Cl)c(Cl)c3)c2)c1. The van der Waals surface area contributed by atoms with Gasteiger partial charge in [0.2, 0.25) is 0 Å². The summed E-state index contributed by atoms with van der Waals surface area (Å²) in [5.74, 6) is -0.460. The summed E-state index contributed by atoms with van der Waals surface area (Å²) >= 11 is 11.8. The molecule has 0 aliphatic heterocycles. The molecule has 1 N–H and O–H groups in total. The molecule has 8 heteroatoms. The number of halogens is 2. The summed E-state index contributed by atoms with van der Waals surface area (Å²) in [6.45, 7) is 1.89. The van der Waals surface area contributed by atoms with Crippen molar-refractivity contribution in [2.24, 2.45) is 0 Å². The number of nitrogens with zero attached hydrogens (tertiary/aromatic N) is 1. The number of hydrogen-bond donors (Lipinski definition) is 1. The molecule has 0 unspecified atom stereocenters. The second-order valence-corrected chi connectivity index (χ2v) is 9.21. The zero-order valence-corrected chi connectivity index (χ0v) is 18.0. The van der Waals surface area contributed by atoms with Gasteiger partial charge in [-0.15, -0.1) is 0 Å². The third-order valence-electron chi connectivity index (χ3n) is 4.30. The minimum atomic E-state index is -3.84. The second-order valence-electron chi connectivity index (χ2n) is 6.42. The van der Waals surface area contributed by atoms with Gasteiger partial charge in [-0.25, -0.2) is 8.42 Å². The van der Waals surface area contributed by atoms with E-state index in [1.165, 1.54) is 35.6 Å². The van der Waals surface area contributed by atoms with Crippen LogP contribution in [-0.4, -0.2) is 21.4 Å². The molecule has 3 aromatic rings. The van der Waals surface area contributed by atoms with E-state index in [0.717, 1.165) is 5.56 Å². The van der Waals surface area contributed by atoms with E-state index in [4.69, 9.17) is 23.2 Å². The van der Waals surface area contributed by atoms with Crippen LogP contribution in [0.3, 0.4) is 0 Å². The molecule has 0 atom stereocenters. The van der Waals surface area contributed by atoms with Crippen molar-refractivity contribution in [3.63, 3.8) is 0 Å². The maximum Gasteiger partial charge on any atom is 0.264 e. The summed E-state index contributed by atoms with van der Waals surface area (Å²) in [6, 6.07) is 17.7. The van der Waals surface area contributed by atoms with E-state index in [1.807, 2.05) is 13.0 Å². The lowest BCUT2D eigenvalue weighted by molar-refractivity contribution is 0.102. The standard InChI is InChI=1S/C21H18Cl2N2O3S/c1-14-5-3-7-17(11-14)25(2)29(27,28)18-8-4-6-15(12-18)21(26)24-16-9-10-19(22)20(23)13-16/h3-13H,1-2H3,(H,24,26). The van der Waals surface area contributed by atoms with Crippen molar-refractivity contribution in [1.29, 1.82) is 0 Å². The Hall–Kier alpha value is -2.54. The van der Waals surface area contributed by atoms with Gasteiger partial charge in [0.1, 0.15) is 0 Å². The van der Waals surface area contributed by atoms with Crippen molar-refractivity contribution in [2.75, 3.05) is 16.7 Å². The zero-order chi connectivity index (χ0) is 21.2. The Morgan fingerprint density at radius 2 is 1.66 bits per heavy atom. The first kappa shape index (κ1) is 21.2. The van der Waals surface area contributed by atoms with E-state index < -0.39 is 15.9 Å². The van der Waals surface area contributed by atoms with Crippen LogP contribution in [0.15, 0.2) is 71.6 Å². The van der Waals surface area contributed by atoms with Gasteiger partial charge in [-0.2, -0.15) is 0 Å². The predicted octanol–water partition coefficient (Wildman–Crippen LogP) is 5.38. The lowest BCUT2D eigenvalue weighted by Crippen LogP contribution is -2.27. The Morgan fingerprint density at radius 1 is 0.931 bits per heavy atom. The fourth-order valence-electron chi connectivity index (χ4n) is 2.70. The van der Waals surface area contributed by atoms with Crippen LogP contribution in [0.25, 0.3) is 0 Å². The highest BCUT2D eigenvalue weighted by atomic mass is 35.5. The van der Waals surface area contributed by atoms with Gasteiger partial charge in [0.25, 0.3) is 15.9 Å². The van der Waals surface area contributed by atoms with Gasteiger partial charge in [0.05, 0.1) is 20.6 Å². The van der Waals surface area contributed by atoms with E-state index >= 15 is 0 Å². The average molecular weight is 449 g/mol. The minimum Gasteiger partial charge on any atom is -0.322 e. The molecule has 0 saturated heterocycles. The number of aryl methyl sites for hydroxylation is 1. The Labute approximate surface area is 179 Å². The molecule has 29 heavy (non-hydrogen) atoms. The summed E-state index contributed by atoms with van der Waals surface area (Å²) in [7, 11) is -2.36. The van der Waals surface area contributed by atoms with Crippen molar-refractivity contribution in [3.05, 3.63) is 87.9 Å². The number of sulfonamides is 1. The smallest absolute Gasteiger partial charge is 0.264 e. The molecule has 0 heterocycles. The topological polar surface area (TPSA) is 66.5 Å². The maximum absolute atomic E-state index is 13.0. The molecular weight excluding hydrogens is 431 g/mol. The molecule has 0 saturated carbocycles. The lowest BCUT2D eigenvalue weighted by atomic mass is 10.2. The van der Waals surface area contributed by atoms with Crippen molar-refractivity contribution in [1.82, 2.24) is 0 Å². The first-order chi connectivity index (χ1) is 13.7. The number of carbonyl (C=O) groups excluding carboxylic acids is 1. The monoisotopic (exact) mass is 448 g/mol. The fraction of sp³-hybridized carbons (Fsp3) is 0.0952. The third-order valence-corrected chi connectivity index (χ3v) is 6.82. The van der Waals surface area contributed by atoms with Gasteiger partial charge in [0, 0.05) is 18.3 Å². The Balaban J connectivity index is 1.87. The highest BCUT2D eigenvalue weighted by Gasteiger charge is 2.22. The first-order valence-corrected chi connectivity index (χ1v) is 10.8. The molecule has 0 radical (unpaired) electrons. The number of rotatable bonds is 5. The van der Waals surface area contributed by atoms with Gasteiger partial charge in [-0.1, -0.05) is 41.4 Å². The largest absolute Gasteiger partial charge is 0.322 e. The lowest BCUT2D eigenvalue weighted by Gasteiger charge is -2.20. The average Bonchev–Trinajstić information content (AvgIpc) is 2.70. The number of benzene rings is 3. The number of amides is 1. The number of nitrogens with one attached hydrogen (secondary N) is 1. The van der Waals surface area contributed by atoms with Crippen LogP contribution in [-0.2, 0) is 10.0 Å². The van der Waals surface area contributed by atoms with Crippen LogP contribution in [0.4, 0.5) is 11.4 Å². The summed E-state index contributed by atoms with van der Waals surface area (Å²) in [4.78, 5) is 12.6. The first-order valence-electron chi connectivity index (χ1n) is 8.60. The van der Waals surface area contributed by atoms with Crippen molar-refractivity contribution >= 4 is 50.5 Å². The molecule has 150 valence electrons. The minimum absolute atomic E-state index is 0.0169. The van der Waals surface area contributed by atoms with Gasteiger partial charge < -0.3 is 5.32 Å². The molecule has 3 aromatic carbocycles. The quantitative estimate of drug-likeness (QED) is 0.569. The Morgan fingerprint density at radius 3 is 2.34 bits per heavy atom. The van der Waals surface area contributed by atoms with Crippen molar-refractivity contribution < 1.29 is 13.2 Å². The molecule has 0 aromatic heterocycles. The molecule has 0 fully saturated rings. The summed E-state index contributed by atoms with van der Waals surface area (Å²) in [5.41, 5.74) is 2.14. The van der Waals surface area contributed by atoms with Crippen LogP contribution in [0.1, 0.15) is 15.9 Å². The van der Waals surface area contributed by atoms with E-state index in [-0.39, 0.29) is 10.5 Å². The molecule has 0 spiro atoms.